The molecule has 18 atom stereocenters. The molecule has 17 amide bonds. The summed E-state index contributed by atoms with van der Waals surface area (Å²) in [6.45, 7) is 12.1. The molecule has 35 N–H and O–H groups in total. The van der Waals surface area contributed by atoms with Crippen molar-refractivity contribution in [1.82, 2.24) is 84.7 Å². The summed E-state index contributed by atoms with van der Waals surface area (Å²) in [6, 6.07) is -17.5. The van der Waals surface area contributed by atoms with Crippen LogP contribution in [-0.4, -0.2) is 318 Å². The Hall–Kier alpha value is -13.9. The van der Waals surface area contributed by atoms with Crippen molar-refractivity contribution in [2.45, 2.75) is 331 Å². The first kappa shape index (κ1) is 128. The van der Waals surface area contributed by atoms with Gasteiger partial charge >= 0.3 is 29.8 Å². The average Bonchev–Trinajstić information content (AvgIpc) is 1.65. The van der Waals surface area contributed by atoms with Gasteiger partial charge in [0.15, 0.2) is 0 Å². The van der Waals surface area contributed by atoms with E-state index in [9.17, 15) is 146 Å². The van der Waals surface area contributed by atoms with E-state index < -0.39 is 315 Å². The van der Waals surface area contributed by atoms with Gasteiger partial charge in [0, 0.05) is 38.6 Å². The highest BCUT2D eigenvalue weighted by atomic mass is 16.4. The molecule has 828 valence electrons. The van der Waals surface area contributed by atoms with Gasteiger partial charge in [0.1, 0.15) is 108 Å². The number of carbonyl (C=O) groups is 22. The number of carbonyl (C=O) groups excluding carboxylic acids is 17. The number of rotatable bonds is 73. The molecule has 148 heavy (non-hydrogen) atoms. The zero-order valence-corrected chi connectivity index (χ0v) is 85.0. The summed E-state index contributed by atoms with van der Waals surface area (Å²) in [6.07, 6.45) is -5.72. The molecule has 1 fully saturated rings. The molecule has 0 saturated carbocycles. The van der Waals surface area contributed by atoms with Crippen LogP contribution in [0, 0.1) is 23.7 Å². The van der Waals surface area contributed by atoms with E-state index in [1.165, 1.54) is 69.3 Å². The van der Waals surface area contributed by atoms with Crippen LogP contribution < -0.4 is 114 Å². The third kappa shape index (κ3) is 47.3. The van der Waals surface area contributed by atoms with Gasteiger partial charge in [-0.25, -0.2) is 4.79 Å². The molecule has 2 aromatic carbocycles. The maximum absolute atomic E-state index is 14.9. The lowest BCUT2D eigenvalue weighted by Crippen LogP contribution is -2.62. The Morgan fingerprint density at radius 2 is 0.669 bits per heavy atom. The summed E-state index contributed by atoms with van der Waals surface area (Å²) in [5.41, 5.74) is 35.6. The Morgan fingerprint density at radius 1 is 0.351 bits per heavy atom. The molecule has 1 aliphatic heterocycles. The van der Waals surface area contributed by atoms with E-state index in [1.54, 1.807) is 20.8 Å². The minimum absolute atomic E-state index is 0.0119. The Labute approximate surface area is 857 Å². The largest absolute Gasteiger partial charge is 0.508 e. The number of phenols is 2. The number of aliphatic carboxylic acids is 5. The van der Waals surface area contributed by atoms with Crippen LogP contribution in [0.15, 0.2) is 48.5 Å². The number of aliphatic hydroxyl groups is 1. The van der Waals surface area contributed by atoms with Gasteiger partial charge in [-0.05, 0) is 207 Å². The van der Waals surface area contributed by atoms with Gasteiger partial charge in [-0.2, -0.15) is 0 Å². The summed E-state index contributed by atoms with van der Waals surface area (Å²) in [4.78, 5) is 306. The SMILES string of the molecule is CC[C@H](C)[C@H](NC(=O)[C@H](CCC(=O)O)NC(=O)[C@H](CO)NC(=O)[C@H](CC(C)C)NC(=O)[C@H](CC(=O)O)NC(=O)[C@@H]1CCCN1C(=O)[C@H](Cc1ccc(O)cc1)NC(=O)[C@@H](N)CC(C)C)C(=O)N[C@@H](CCCCN)C(=O)N[C@@H](CCCCN)C(=O)N[C@@H](CCC(=O)O)C(=O)N[C@@H](Cc1ccc(O)cc1)C(=O)N[C@@H](CC(N)=O)C(=O)N[C@H](C(=O)N[C@@H](CCCCN)C(=O)N[C@@H](CCC(=O)O)C(=O)N[C@@H](CCCCN)C(=O)O)C(C)C. The number of nitrogens with one attached hydrogen (secondary N) is 15. The molecule has 1 aliphatic rings. The number of hydrogen-bond acceptors (Lipinski definition) is 30. The van der Waals surface area contributed by atoms with Crippen LogP contribution in [0.25, 0.3) is 0 Å². The molecular formula is C96H154N22O30. The molecule has 0 bridgehead atoms. The van der Waals surface area contributed by atoms with Gasteiger partial charge in [-0.1, -0.05) is 86.1 Å². The molecule has 52 nitrogen and oxygen atoms in total. The molecule has 0 aliphatic carbocycles. The number of nitrogens with zero attached hydrogens (tertiary/aromatic N) is 1. The zero-order valence-electron chi connectivity index (χ0n) is 85.0. The third-order valence-electron chi connectivity index (χ3n) is 24.3. The highest BCUT2D eigenvalue weighted by Crippen LogP contribution is 2.24. The number of phenolic OH excluding ortho intramolecular Hbond substituents is 2. The van der Waals surface area contributed by atoms with Crippen LogP contribution in [0.4, 0.5) is 0 Å². The fourth-order valence-corrected chi connectivity index (χ4v) is 15.9. The van der Waals surface area contributed by atoms with Crippen molar-refractivity contribution in [3.63, 3.8) is 0 Å². The van der Waals surface area contributed by atoms with E-state index in [0.29, 0.717) is 18.4 Å². The number of aliphatic hydroxyl groups excluding tert-OH is 1. The van der Waals surface area contributed by atoms with Crippen LogP contribution in [-0.2, 0) is 118 Å². The molecule has 1 heterocycles. The van der Waals surface area contributed by atoms with Crippen LogP contribution in [0.1, 0.15) is 227 Å². The van der Waals surface area contributed by atoms with Crippen molar-refractivity contribution in [1.29, 1.82) is 0 Å². The quantitative estimate of drug-likeness (QED) is 0.0275. The minimum Gasteiger partial charge on any atom is -0.508 e. The highest BCUT2D eigenvalue weighted by Gasteiger charge is 2.44. The second kappa shape index (κ2) is 67.1. The van der Waals surface area contributed by atoms with Crippen molar-refractivity contribution in [2.75, 3.05) is 39.3 Å². The highest BCUT2D eigenvalue weighted by molar-refractivity contribution is 6.03. The summed E-state index contributed by atoms with van der Waals surface area (Å²) in [5.74, 6) is -28.8. The first-order valence-electron chi connectivity index (χ1n) is 49.8. The fraction of sp³-hybridized carbons (Fsp3) is 0.646. The summed E-state index contributed by atoms with van der Waals surface area (Å²) in [7, 11) is 0. The number of carboxylic acids is 5. The lowest BCUT2D eigenvalue weighted by atomic mass is 9.96. The number of likely N-dealkylation sites (tertiary alicyclic amines) is 1. The summed E-state index contributed by atoms with van der Waals surface area (Å²) >= 11 is 0. The molecule has 0 radical (unpaired) electrons. The van der Waals surface area contributed by atoms with Gasteiger partial charge in [-0.3, -0.25) is 101 Å². The fourth-order valence-electron chi connectivity index (χ4n) is 15.9. The third-order valence-corrected chi connectivity index (χ3v) is 24.3. The number of benzene rings is 2. The predicted octanol–water partition coefficient (Wildman–Crippen LogP) is -5.19. The van der Waals surface area contributed by atoms with Crippen LogP contribution in [0.5, 0.6) is 11.5 Å². The van der Waals surface area contributed by atoms with Crippen LogP contribution in [0.3, 0.4) is 0 Å². The number of hydrogen-bond donors (Lipinski definition) is 29. The maximum atomic E-state index is 14.9. The number of carboxylic acid groups (broad SMARTS) is 5. The summed E-state index contributed by atoms with van der Waals surface area (Å²) < 4.78 is 0. The van der Waals surface area contributed by atoms with Gasteiger partial charge in [0.25, 0.3) is 0 Å². The van der Waals surface area contributed by atoms with Crippen LogP contribution >= 0.6 is 0 Å². The smallest absolute Gasteiger partial charge is 0.326 e. The van der Waals surface area contributed by atoms with Gasteiger partial charge in [0.05, 0.1) is 25.5 Å². The first-order chi connectivity index (χ1) is 69.8. The maximum Gasteiger partial charge on any atom is 0.326 e. The molecule has 1 saturated heterocycles. The van der Waals surface area contributed by atoms with Crippen molar-refractivity contribution >= 4 is 130 Å². The Kier molecular flexibility index (Phi) is 58.2. The van der Waals surface area contributed by atoms with E-state index >= 15 is 0 Å². The van der Waals surface area contributed by atoms with Crippen molar-refractivity contribution in [2.24, 2.45) is 58.1 Å². The Balaban J connectivity index is 2.01. The monoisotopic (exact) mass is 2100 g/mol. The Bertz CT molecular complexity index is 4760. The number of unbranched alkanes of at least 4 members (excludes halogenated alkanes) is 4. The molecule has 52 heteroatoms. The number of aromatic hydroxyl groups is 2. The van der Waals surface area contributed by atoms with Gasteiger partial charge in [0.2, 0.25) is 100 Å². The van der Waals surface area contributed by atoms with E-state index in [4.69, 9.17) is 34.4 Å². The number of primary amides is 1. The first-order valence-corrected chi connectivity index (χ1v) is 49.8. The van der Waals surface area contributed by atoms with Gasteiger partial charge in [-0.15, -0.1) is 0 Å². The lowest BCUT2D eigenvalue weighted by molar-refractivity contribution is -0.144. The van der Waals surface area contributed by atoms with Crippen LogP contribution in [0.2, 0.25) is 0 Å². The molecule has 0 spiro atoms. The van der Waals surface area contributed by atoms with Crippen molar-refractivity contribution in [3.05, 3.63) is 59.7 Å². The van der Waals surface area contributed by atoms with Crippen molar-refractivity contribution in [3.8, 4) is 11.5 Å². The number of amides is 17. The van der Waals surface area contributed by atoms with Crippen molar-refractivity contribution < 1.29 is 146 Å². The Morgan fingerprint density at radius 3 is 1.05 bits per heavy atom. The van der Waals surface area contributed by atoms with E-state index in [-0.39, 0.29) is 158 Å². The number of nitrogens with two attached hydrogens (primary N) is 6. The second-order valence-corrected chi connectivity index (χ2v) is 37.9. The van der Waals surface area contributed by atoms with E-state index in [0.717, 1.165) is 4.90 Å². The zero-order chi connectivity index (χ0) is 111. The minimum atomic E-state index is -2.02. The van der Waals surface area contributed by atoms with E-state index in [2.05, 4.69) is 79.8 Å². The van der Waals surface area contributed by atoms with Gasteiger partial charge < -0.3 is 160 Å². The molecular weight excluding hydrogens is 1940 g/mol. The predicted molar refractivity (Wildman–Crippen MR) is 532 cm³/mol. The standard InChI is InChI=1S/C96H154N22O30/c1-9-53(8)79(117-86(137)64(34-37-76(127)128)106-91(142)71(49-119)115-87(138)66(44-51(4)5)110-89(140)69(48-77(129)130)113-92(143)72-23-18-42-118(72)95(146)70(46-55-26-30-57(121)31-27-55)114-80(131)58(101)43-50(2)3)94(145)108-61(21-12-16-40-99)82(133)103-59(19-10-14-38-97)81(132)105-63(33-36-75(125)126)85(136)111-67(45-54-24-28-56(120)29-25-54)88(139)112-68(47-73(102)122)90(141)116-78(52(6)7)93(144)107-60(20-11-15-39-98)83(134)104-62(32-35-74(123)124)84(135)109-65(96(147)148)22-13-17-41-100/h24-31,50-53,58-72,78-79,119-121H,9-23,32-49,97-101H2,1-8H3,(H2,102,122)(H,103,133)(H,104,134)(H,105,132)(H,106,142)(H,107,144)(H,108,145)(H,109,135)(H,110,140)(H,111,136)(H,112,139)(H,113,143)(H,114,131)(H,115,138)(H,116,141)(H,117,137)(H,123,124)(H,125,126)(H,127,128)(H,129,130)(H,147,148)/t53-,58-,59-,60-,61-,62-,63-,64-,65-,66-,67-,68-,69-,70-,71-,72-,78-,79-/m0/s1. The summed E-state index contributed by atoms with van der Waals surface area (Å²) in [5, 5.41) is 117. The normalized spacial score (nSPS) is 15.7. The van der Waals surface area contributed by atoms with E-state index in [1.807, 2.05) is 13.8 Å². The molecule has 2 aromatic rings. The second-order valence-electron chi connectivity index (χ2n) is 37.9. The lowest BCUT2D eigenvalue weighted by Gasteiger charge is -2.31. The molecule has 3 rings (SSSR count). The molecule has 0 aromatic heterocycles. The topological polar surface area (TPSA) is 877 Å². The average molecular weight is 2100 g/mol. The molecule has 0 unspecified atom stereocenters.